The quantitative estimate of drug-likeness (QED) is 0.854. The Morgan fingerprint density at radius 2 is 1.75 bits per heavy atom. The summed E-state index contributed by atoms with van der Waals surface area (Å²) >= 11 is 0. The average Bonchev–Trinajstić information content (AvgIpc) is 2.75. The maximum atomic E-state index is 12.3. The van der Waals surface area contributed by atoms with E-state index in [1.165, 1.54) is 18.5 Å². The first kappa shape index (κ1) is 12.5. The molecule has 5 nitrogen and oxygen atoms in total. The minimum Gasteiger partial charge on any atom is -0.394 e. The van der Waals surface area contributed by atoms with Crippen LogP contribution in [0.25, 0.3) is 0 Å². The molecule has 0 saturated carbocycles. The number of amides is 2. The van der Waals surface area contributed by atoms with Gasteiger partial charge < -0.3 is 5.11 Å². The van der Waals surface area contributed by atoms with Gasteiger partial charge in [0.1, 0.15) is 0 Å². The largest absolute Gasteiger partial charge is 0.394 e. The Morgan fingerprint density at radius 1 is 1.05 bits per heavy atom. The Labute approximate surface area is 115 Å². The van der Waals surface area contributed by atoms with Crippen molar-refractivity contribution < 1.29 is 14.7 Å². The molecule has 5 heteroatoms. The van der Waals surface area contributed by atoms with Crippen LogP contribution in [0, 0.1) is 0 Å². The zero-order chi connectivity index (χ0) is 14.1. The Bertz CT molecular complexity index is 635. The van der Waals surface area contributed by atoms with E-state index in [0.717, 1.165) is 10.5 Å². The molecular formula is C15H12N2O3. The molecule has 2 aromatic rings. The number of imide groups is 1. The maximum Gasteiger partial charge on any atom is 0.263 e. The van der Waals surface area contributed by atoms with Gasteiger partial charge in [0.15, 0.2) is 0 Å². The highest BCUT2D eigenvalue weighted by molar-refractivity contribution is 6.21. The monoisotopic (exact) mass is 268 g/mol. The van der Waals surface area contributed by atoms with Gasteiger partial charge in [0.25, 0.3) is 11.8 Å². The van der Waals surface area contributed by atoms with Gasteiger partial charge in [0.05, 0.1) is 23.8 Å². The van der Waals surface area contributed by atoms with E-state index in [2.05, 4.69) is 4.98 Å². The molecule has 1 atom stereocenters. The minimum atomic E-state index is -0.677. The van der Waals surface area contributed by atoms with Gasteiger partial charge in [-0.15, -0.1) is 0 Å². The predicted octanol–water partition coefficient (Wildman–Crippen LogP) is 1.41. The summed E-state index contributed by atoms with van der Waals surface area (Å²) in [5, 5.41) is 9.59. The van der Waals surface area contributed by atoms with E-state index < -0.39 is 17.9 Å². The Kier molecular flexibility index (Phi) is 3.04. The Hall–Kier alpha value is -2.53. The van der Waals surface area contributed by atoms with Gasteiger partial charge >= 0.3 is 0 Å². The second kappa shape index (κ2) is 4.86. The highest BCUT2D eigenvalue weighted by atomic mass is 16.3. The number of fused-ring (bicyclic) bond motifs is 1. The zero-order valence-corrected chi connectivity index (χ0v) is 10.6. The molecule has 1 N–H and O–H groups in total. The molecule has 0 fully saturated rings. The summed E-state index contributed by atoms with van der Waals surface area (Å²) in [6.45, 7) is -0.317. The number of benzene rings is 1. The van der Waals surface area contributed by atoms with E-state index in [0.29, 0.717) is 5.56 Å². The molecule has 1 aromatic carbocycles. The fourth-order valence-corrected chi connectivity index (χ4v) is 2.40. The van der Waals surface area contributed by atoms with Crippen LogP contribution in [0.3, 0.4) is 0 Å². The van der Waals surface area contributed by atoms with E-state index in [4.69, 9.17) is 0 Å². The van der Waals surface area contributed by atoms with E-state index >= 15 is 0 Å². The van der Waals surface area contributed by atoms with Crippen molar-refractivity contribution in [3.63, 3.8) is 0 Å². The molecule has 3 rings (SSSR count). The predicted molar refractivity (Wildman–Crippen MR) is 71.0 cm³/mol. The number of carbonyl (C=O) groups is 2. The highest BCUT2D eigenvalue weighted by Gasteiger charge is 2.40. The third kappa shape index (κ3) is 1.80. The average molecular weight is 268 g/mol. The van der Waals surface area contributed by atoms with Crippen molar-refractivity contribution in [1.29, 1.82) is 0 Å². The molecule has 0 saturated heterocycles. The van der Waals surface area contributed by atoms with E-state index in [1.807, 2.05) is 6.07 Å². The molecule has 2 amide bonds. The first-order valence-corrected chi connectivity index (χ1v) is 6.21. The fraction of sp³-hybridized carbons (Fsp3) is 0.133. The summed E-state index contributed by atoms with van der Waals surface area (Å²) in [5.74, 6) is -0.809. The first-order chi connectivity index (χ1) is 9.74. The lowest BCUT2D eigenvalue weighted by Crippen LogP contribution is -2.36. The van der Waals surface area contributed by atoms with Crippen molar-refractivity contribution in [2.24, 2.45) is 0 Å². The van der Waals surface area contributed by atoms with Crippen molar-refractivity contribution in [3.05, 3.63) is 65.5 Å². The van der Waals surface area contributed by atoms with Crippen LogP contribution in [0.2, 0.25) is 0 Å². The Balaban J connectivity index is 2.03. The smallest absolute Gasteiger partial charge is 0.263 e. The summed E-state index contributed by atoms with van der Waals surface area (Å²) in [7, 11) is 0. The third-order valence-corrected chi connectivity index (χ3v) is 3.39. The number of hydrogen-bond donors (Lipinski definition) is 1. The second-order valence-electron chi connectivity index (χ2n) is 4.51. The van der Waals surface area contributed by atoms with E-state index in [9.17, 15) is 14.7 Å². The molecule has 100 valence electrons. The van der Waals surface area contributed by atoms with Crippen LogP contribution in [0.1, 0.15) is 32.3 Å². The molecule has 1 aromatic heterocycles. The van der Waals surface area contributed by atoms with Gasteiger partial charge in [-0.2, -0.15) is 0 Å². The number of hydrogen-bond acceptors (Lipinski definition) is 4. The van der Waals surface area contributed by atoms with Gasteiger partial charge in [-0.3, -0.25) is 19.5 Å². The van der Waals surface area contributed by atoms with Gasteiger partial charge in [0, 0.05) is 12.4 Å². The number of pyridine rings is 1. The van der Waals surface area contributed by atoms with Crippen LogP contribution < -0.4 is 0 Å². The van der Waals surface area contributed by atoms with Gasteiger partial charge in [-0.1, -0.05) is 30.3 Å². The first-order valence-electron chi connectivity index (χ1n) is 6.21. The van der Waals surface area contributed by atoms with Crippen molar-refractivity contribution in [3.8, 4) is 0 Å². The molecule has 1 unspecified atom stereocenters. The fourth-order valence-electron chi connectivity index (χ4n) is 2.40. The molecule has 0 bridgehead atoms. The molecule has 1 aliphatic rings. The molecule has 20 heavy (non-hydrogen) atoms. The lowest BCUT2D eigenvalue weighted by atomic mass is 10.1. The summed E-state index contributed by atoms with van der Waals surface area (Å²) in [6.07, 6.45) is 2.86. The van der Waals surface area contributed by atoms with Crippen molar-refractivity contribution in [1.82, 2.24) is 9.88 Å². The highest BCUT2D eigenvalue weighted by Crippen LogP contribution is 2.30. The standard InChI is InChI=1S/C15H12N2O3/c18-9-13(10-4-2-1-3-5-10)17-14(19)11-6-7-16-8-12(11)15(17)20/h1-8,13,18H,9H2. The van der Waals surface area contributed by atoms with Gasteiger partial charge in [0.2, 0.25) is 0 Å². The van der Waals surface area contributed by atoms with Crippen LogP contribution in [0.4, 0.5) is 0 Å². The molecule has 2 heterocycles. The number of rotatable bonds is 3. The van der Waals surface area contributed by atoms with E-state index in [1.54, 1.807) is 24.3 Å². The van der Waals surface area contributed by atoms with Gasteiger partial charge in [-0.25, -0.2) is 0 Å². The van der Waals surface area contributed by atoms with Crippen molar-refractivity contribution in [2.45, 2.75) is 6.04 Å². The molecule has 0 radical (unpaired) electrons. The second-order valence-corrected chi connectivity index (χ2v) is 4.51. The third-order valence-electron chi connectivity index (χ3n) is 3.39. The van der Waals surface area contributed by atoms with Crippen LogP contribution in [-0.2, 0) is 0 Å². The minimum absolute atomic E-state index is 0.284. The van der Waals surface area contributed by atoms with Gasteiger partial charge in [-0.05, 0) is 11.6 Å². The SMILES string of the molecule is O=C1c2ccncc2C(=O)N1C(CO)c1ccccc1. The number of aliphatic hydroxyl groups is 1. The maximum absolute atomic E-state index is 12.3. The van der Waals surface area contributed by atoms with Crippen molar-refractivity contribution >= 4 is 11.8 Å². The summed E-state index contributed by atoms with van der Waals surface area (Å²) < 4.78 is 0. The molecular weight excluding hydrogens is 256 g/mol. The molecule has 1 aliphatic heterocycles. The zero-order valence-electron chi connectivity index (χ0n) is 10.6. The number of aromatic nitrogens is 1. The van der Waals surface area contributed by atoms with E-state index in [-0.39, 0.29) is 12.2 Å². The molecule has 0 aliphatic carbocycles. The summed E-state index contributed by atoms with van der Waals surface area (Å²) in [5.41, 5.74) is 1.34. The lowest BCUT2D eigenvalue weighted by molar-refractivity contribution is 0.0514. The topological polar surface area (TPSA) is 70.5 Å². The number of aliphatic hydroxyl groups excluding tert-OH is 1. The van der Waals surface area contributed by atoms with Crippen LogP contribution >= 0.6 is 0 Å². The van der Waals surface area contributed by atoms with Crippen molar-refractivity contribution in [2.75, 3.05) is 6.61 Å². The van der Waals surface area contributed by atoms with Crippen LogP contribution in [0.15, 0.2) is 48.8 Å². The number of nitrogens with zero attached hydrogens (tertiary/aromatic N) is 2. The normalized spacial score (nSPS) is 15.3. The summed E-state index contributed by atoms with van der Waals surface area (Å²) in [4.78, 5) is 29.7. The van der Waals surface area contributed by atoms with Crippen LogP contribution in [0.5, 0.6) is 0 Å². The molecule has 0 spiro atoms. The number of carbonyl (C=O) groups excluding carboxylic acids is 2. The lowest BCUT2D eigenvalue weighted by Gasteiger charge is -2.24. The summed E-state index contributed by atoms with van der Waals surface area (Å²) in [6, 6.07) is 9.85. The Morgan fingerprint density at radius 3 is 2.40 bits per heavy atom. The van der Waals surface area contributed by atoms with Crippen LogP contribution in [-0.4, -0.2) is 33.4 Å².